The minimum Gasteiger partial charge on any atom is -0.508 e. The number of nitrogens with two attached hydrogens (primary N) is 1. The molecule has 25 nitrogen and oxygen atoms in total. The summed E-state index contributed by atoms with van der Waals surface area (Å²) in [6.45, 7) is 5.36. The van der Waals surface area contributed by atoms with Gasteiger partial charge in [-0.15, -0.1) is 0 Å². The standard InChI is InChI=1S/C19H16BF3NO4.C11H9BF3N2O4.C11H11BF3N2O2.C7H5ClO2.C7H4F3NO3.C4H10BNO2.CH4O.13H2/c21-19(22,23)14-6-13(8-18(26)28-15-4-2-1-3-5-15)7-16(9-14)27-17-10-24(11-17)20-12-25;13-11(14,15)7-1-8(17(19)20)3-9(2-7)21-10-4-16(5-10)12-6-18;13-11(14,15)7-1-8(16)3-9(2-7)19-10-4-17(5-10)12-6-18;8-7(9)10-6-4-2-1-3-5-6;8-7(9,10)4-1-5(11(13)14)3-6(12)2-4;1-5(8)6-2-4(7)3-6;1-2;;;;;;;;;;;;;/h1-7,9,12,17H,8,10-11H2;1-3,6,10H,4-5H2;1-3,6,10H,4-5,16H2;1-5H;1-3,12H;4,7-8H,2-3H2,1H3;2H,1H3;13*1H/i;;;;;;;12*1+1D;1+1. The number of hydrogen-bond acceptors (Lipinski definition) is 23. The average Bonchev–Trinajstić information content (AvgIpc) is 0.824. The maximum Gasteiger partial charge on any atom is 0.416 e. The highest BCUT2D eigenvalue weighted by Gasteiger charge is 2.38. The molecule has 0 aromatic heterocycles. The molecule has 0 atom stereocenters. The molecule has 0 bridgehead atoms. The Morgan fingerprint density at radius 1 is 0.569 bits per heavy atom. The number of hydrogen-bond donors (Lipinski definition) is 5. The van der Waals surface area contributed by atoms with Crippen molar-refractivity contribution in [3.63, 3.8) is 0 Å². The first-order valence-electron chi connectivity index (χ1n) is 41.2. The maximum absolute atomic E-state index is 13.2. The number of phenols is 1. The highest BCUT2D eigenvalue weighted by molar-refractivity contribution is 6.65. The predicted octanol–water partition coefficient (Wildman–Crippen LogP) is 11.7. The molecule has 6 aromatic carbocycles. The second-order valence-electron chi connectivity index (χ2n) is 21.4. The molecule has 4 saturated heterocycles. The SMILES string of the molecule is CB(O)N1CC(O)C1.CO.Nc1cc(OC2CN([B]C=O)C2)cc(C(F)(F)F)c1.O=C(Cl)Oc1ccccc1.O=C[B]N1CC(Oc2cc(CC(=O)Oc3ccccc3)cc(C(F)(F)F)c2)C1.O=C[B]N1CC(Oc2cc([N+](=O)[O-])cc(C(F)(F)F)c2)C1.O=[N+]([O-])c1cc(O)cc(C(F)(F)F)c1.[2HH].[2H][2H].[2H][2H].[2H][2H].[2H][2H].[2H][2H].[2H][2H].[2H][2H].[2H][2H].[2H][2H].[2H][2H].[2H][2H].[2H][2H]. The molecule has 4 aliphatic rings. The van der Waals surface area contributed by atoms with E-state index in [4.69, 9.17) is 92.3 Å². The third-order valence-corrected chi connectivity index (χ3v) is 13.5. The van der Waals surface area contributed by atoms with Crippen LogP contribution in [0.15, 0.2) is 133 Å². The van der Waals surface area contributed by atoms with E-state index < -0.39 is 98.5 Å². The zero-order chi connectivity index (χ0) is 100. The van der Waals surface area contributed by atoms with Crippen molar-refractivity contribution < 1.29 is 168 Å². The molecule has 42 heteroatoms. The molecule has 0 amide bonds. The zero-order valence-electron chi connectivity index (χ0n) is 77.1. The Kier molecular flexibility index (Phi) is 26.0. The van der Waals surface area contributed by atoms with E-state index in [0.29, 0.717) is 107 Å². The summed E-state index contributed by atoms with van der Waals surface area (Å²) in [5, 5.41) is 54.1. The molecule has 3 radical (unpaired) electrons. The minimum absolute atomic E-state index is 0. The van der Waals surface area contributed by atoms with Gasteiger partial charge >= 0.3 is 43.2 Å². The fourth-order valence-corrected chi connectivity index (χ4v) is 8.75. The number of para-hydroxylation sites is 2. The number of nitro groups is 2. The van der Waals surface area contributed by atoms with Gasteiger partial charge in [0, 0.05) is 132 Å². The second-order valence-corrected chi connectivity index (χ2v) is 21.7. The molecule has 4 heterocycles. The predicted molar refractivity (Wildman–Crippen MR) is 372 cm³/mol. The highest BCUT2D eigenvalue weighted by atomic mass is 35.5. The topological polar surface area (TPSA) is 338 Å². The number of aromatic hydroxyl groups is 1. The molecule has 4 aliphatic heterocycles. The van der Waals surface area contributed by atoms with E-state index >= 15 is 0 Å². The summed E-state index contributed by atoms with van der Waals surface area (Å²) >= 11 is 4.95. The number of aliphatic hydroxyl groups excluding tert-OH is 2. The summed E-state index contributed by atoms with van der Waals surface area (Å²) in [4.78, 5) is 78.7. The Morgan fingerprint density at radius 2 is 0.922 bits per heavy atom. The number of nitrogen functional groups attached to an aromatic ring is 1. The zero-order valence-corrected chi connectivity index (χ0v) is 53.9. The molecule has 571 valence electrons. The van der Waals surface area contributed by atoms with Crippen LogP contribution in [-0.2, 0) is 50.3 Å². The molecule has 6 aromatic rings. The molecule has 0 spiro atoms. The van der Waals surface area contributed by atoms with Crippen LogP contribution in [-0.4, -0.2) is 193 Å². The van der Waals surface area contributed by atoms with Gasteiger partial charge in [-0.1, -0.05) is 36.4 Å². The lowest BCUT2D eigenvalue weighted by Crippen LogP contribution is -2.56. The first kappa shape index (κ1) is 67.0. The fourth-order valence-electron chi connectivity index (χ4n) is 8.66. The van der Waals surface area contributed by atoms with Crippen LogP contribution in [0.2, 0.25) is 6.82 Å². The lowest BCUT2D eigenvalue weighted by atomic mass is 9.81. The summed E-state index contributed by atoms with van der Waals surface area (Å²) < 4.78 is 298. The van der Waals surface area contributed by atoms with Crippen molar-refractivity contribution in [1.29, 1.82) is 0 Å². The van der Waals surface area contributed by atoms with Crippen LogP contribution < -0.4 is 29.4 Å². The number of phenolic OH excluding ortho intramolecular Hbond substituents is 1. The number of anilines is 1. The number of nitrogens with zero attached hydrogens (tertiary/aromatic N) is 6. The lowest BCUT2D eigenvalue weighted by molar-refractivity contribution is -0.385. The van der Waals surface area contributed by atoms with Crippen LogP contribution in [0.25, 0.3) is 0 Å². The van der Waals surface area contributed by atoms with Crippen molar-refractivity contribution in [2.45, 2.75) is 62.4 Å². The Morgan fingerprint density at radius 3 is 1.27 bits per heavy atom. The number of ether oxygens (including phenoxy) is 5. The van der Waals surface area contributed by atoms with Crippen molar-refractivity contribution >= 4 is 87.9 Å². The van der Waals surface area contributed by atoms with Crippen LogP contribution in [0, 0.1) is 20.2 Å². The number of alkyl halides is 12. The molecular formula is C60H85B4ClF12N7O18. The molecule has 0 saturated carbocycles. The van der Waals surface area contributed by atoms with Crippen LogP contribution in [0.3, 0.4) is 0 Å². The molecule has 0 aliphatic carbocycles. The fraction of sp³-hybridized carbons (Fsp3) is 0.317. The van der Waals surface area contributed by atoms with E-state index in [1.54, 1.807) is 80.7 Å². The van der Waals surface area contributed by atoms with Gasteiger partial charge in [0.2, 0.25) is 0 Å². The van der Waals surface area contributed by atoms with Crippen LogP contribution in [0.5, 0.6) is 34.5 Å². The van der Waals surface area contributed by atoms with Gasteiger partial charge in [-0.25, -0.2) is 4.79 Å². The van der Waals surface area contributed by atoms with E-state index in [2.05, 4.69) is 4.74 Å². The van der Waals surface area contributed by atoms with Crippen molar-refractivity contribution in [1.82, 2.24) is 19.2 Å². The van der Waals surface area contributed by atoms with Gasteiger partial charge in [0.05, 0.1) is 75.3 Å². The van der Waals surface area contributed by atoms with Gasteiger partial charge in [0.15, 0.2) is 0 Å². The number of carbonyl (C=O) groups excluding carboxylic acids is 5. The number of halogens is 13. The Labute approximate surface area is 617 Å². The van der Waals surface area contributed by atoms with E-state index in [1.807, 2.05) is 6.07 Å². The van der Waals surface area contributed by atoms with Crippen molar-refractivity contribution in [2.75, 3.05) is 65.2 Å². The lowest BCUT2D eigenvalue weighted by Gasteiger charge is -2.38. The summed E-state index contributed by atoms with van der Waals surface area (Å²) in [5.74, 6) is -0.790. The van der Waals surface area contributed by atoms with Crippen molar-refractivity contribution in [3.05, 3.63) is 182 Å². The summed E-state index contributed by atoms with van der Waals surface area (Å²) in [5.41, 5.74) is -0.846. The molecule has 6 N–H and O–H groups in total. The monoisotopic (exact) mass is 1520 g/mol. The summed E-state index contributed by atoms with van der Waals surface area (Å²) in [6.07, 6.45) is -18.1. The number of carbonyl (C=O) groups is 5. The normalized spacial score (nSPS) is 15.7. The van der Waals surface area contributed by atoms with Crippen LogP contribution in [0.1, 0.15) is 64.9 Å². The highest BCUT2D eigenvalue weighted by Crippen LogP contribution is 2.38. The van der Waals surface area contributed by atoms with Crippen molar-refractivity contribution in [2.24, 2.45) is 0 Å². The van der Waals surface area contributed by atoms with E-state index in [-0.39, 0.29) is 54.7 Å². The average molecular weight is 1520 g/mol. The van der Waals surface area contributed by atoms with Gasteiger partial charge in [-0.2, -0.15) is 52.7 Å². The van der Waals surface area contributed by atoms with Gasteiger partial charge in [0.25, 0.3) is 33.6 Å². The molecule has 10 rings (SSSR count). The smallest absolute Gasteiger partial charge is 0.416 e. The van der Waals surface area contributed by atoms with Gasteiger partial charge < -0.3 is 83.4 Å². The molecule has 0 unspecified atom stereocenters. The molecule has 102 heavy (non-hydrogen) atoms. The molecule has 4 fully saturated rings. The second kappa shape index (κ2) is 39.6. The third-order valence-electron chi connectivity index (χ3n) is 13.5. The number of nitro benzene ring substituents is 2. The first-order chi connectivity index (χ1) is 59.8. The number of β-amino-alcohol motifs (C(OH)–C–C–N with tert-alkyl or cyclic N) is 1. The number of non-ortho nitro benzene ring substituents is 2. The van der Waals surface area contributed by atoms with Gasteiger partial charge in [0.1, 0.15) is 52.8 Å². The van der Waals surface area contributed by atoms with Gasteiger partial charge in [-0.3, -0.25) is 25.0 Å². The number of rotatable bonds is 19. The van der Waals surface area contributed by atoms with E-state index in [1.165, 1.54) is 34.4 Å². The van der Waals surface area contributed by atoms with E-state index in [0.717, 1.165) is 43.5 Å². The first-order valence-corrected chi connectivity index (χ1v) is 29.6. The Bertz CT molecular complexity index is 3810. The van der Waals surface area contributed by atoms with Crippen LogP contribution in [0.4, 0.5) is 74.5 Å². The van der Waals surface area contributed by atoms with Crippen molar-refractivity contribution in [3.8, 4) is 34.5 Å². The van der Waals surface area contributed by atoms with Gasteiger partial charge in [-0.05, 0) is 79.1 Å². The Balaban J connectivity index is -0.000000157. The number of benzene rings is 6. The number of esters is 1. The van der Waals surface area contributed by atoms with Crippen LogP contribution >= 0.6 is 11.6 Å². The van der Waals surface area contributed by atoms with E-state index in [9.17, 15) is 96.9 Å². The number of aliphatic hydroxyl groups is 2. The largest absolute Gasteiger partial charge is 0.508 e. The summed E-state index contributed by atoms with van der Waals surface area (Å²) in [7, 11) is 4.60. The maximum atomic E-state index is 13.2. The third kappa shape index (κ3) is 30.0. The minimum atomic E-state index is -4.70. The summed E-state index contributed by atoms with van der Waals surface area (Å²) in [6, 6.07) is 26.8. The Hall–Kier alpha value is -9.50. The molecular weight excluding hydrogens is 1410 g/mol. The quantitative estimate of drug-likeness (QED) is 0.00579.